The van der Waals surface area contributed by atoms with Crippen LogP contribution in [0.15, 0.2) is 0 Å². The van der Waals surface area contributed by atoms with Crippen LogP contribution in [-0.2, 0) is 28.8 Å². The summed E-state index contributed by atoms with van der Waals surface area (Å²) in [7, 11) is 0. The topological polar surface area (TPSA) is 71.1 Å². The van der Waals surface area contributed by atoms with E-state index in [-0.39, 0.29) is 0 Å². The minimum absolute atomic E-state index is 0.541. The van der Waals surface area contributed by atoms with Gasteiger partial charge in [0.1, 0.15) is 0 Å². The zero-order valence-corrected chi connectivity index (χ0v) is 8.85. The van der Waals surface area contributed by atoms with Crippen LogP contribution in [0, 0.1) is 0 Å². The Morgan fingerprint density at radius 2 is 1.31 bits per heavy atom. The summed E-state index contributed by atoms with van der Waals surface area (Å²) in [5, 5.41) is 0. The molecule has 0 bridgehead atoms. The standard InChI is InChI=1S/C10H14O6/c11-9(7-3-1-5-13-7)15-16-10(12)8-4-2-6-14-8/h7-8H,1-6H2. The zero-order chi connectivity index (χ0) is 11.4. The number of carbonyl (C=O) groups excluding carboxylic acids is 2. The van der Waals surface area contributed by atoms with Crippen molar-refractivity contribution in [1.29, 1.82) is 0 Å². The summed E-state index contributed by atoms with van der Waals surface area (Å²) >= 11 is 0. The van der Waals surface area contributed by atoms with Crippen LogP contribution in [0.5, 0.6) is 0 Å². The molecule has 0 radical (unpaired) electrons. The number of ether oxygens (including phenoxy) is 2. The van der Waals surface area contributed by atoms with E-state index in [0.717, 1.165) is 12.8 Å². The van der Waals surface area contributed by atoms with Crippen LogP contribution in [0.25, 0.3) is 0 Å². The first kappa shape index (κ1) is 11.3. The molecule has 0 N–H and O–H groups in total. The molecule has 2 aliphatic rings. The first-order valence-corrected chi connectivity index (χ1v) is 5.43. The number of carbonyl (C=O) groups is 2. The quantitative estimate of drug-likeness (QED) is 0.503. The third-order valence-electron chi connectivity index (χ3n) is 2.59. The first-order chi connectivity index (χ1) is 7.77. The highest BCUT2D eigenvalue weighted by Gasteiger charge is 2.30. The predicted molar refractivity (Wildman–Crippen MR) is 50.1 cm³/mol. The van der Waals surface area contributed by atoms with E-state index in [1.165, 1.54) is 0 Å². The fraction of sp³-hybridized carbons (Fsp3) is 0.800. The van der Waals surface area contributed by atoms with Gasteiger partial charge in [-0.3, -0.25) is 0 Å². The van der Waals surface area contributed by atoms with Gasteiger partial charge in [-0.05, 0) is 25.7 Å². The van der Waals surface area contributed by atoms with Crippen LogP contribution < -0.4 is 0 Å². The maximum Gasteiger partial charge on any atom is 0.383 e. The second-order valence-electron chi connectivity index (χ2n) is 3.81. The number of rotatable bonds is 2. The van der Waals surface area contributed by atoms with Crippen molar-refractivity contribution in [2.75, 3.05) is 13.2 Å². The predicted octanol–water partition coefficient (Wildman–Crippen LogP) is 0.346. The van der Waals surface area contributed by atoms with Crippen molar-refractivity contribution < 1.29 is 28.8 Å². The van der Waals surface area contributed by atoms with Crippen molar-refractivity contribution in [2.45, 2.75) is 37.9 Å². The van der Waals surface area contributed by atoms with E-state index in [0.29, 0.717) is 26.1 Å². The van der Waals surface area contributed by atoms with Gasteiger partial charge in [-0.15, -0.1) is 0 Å². The average Bonchev–Trinajstić information content (AvgIpc) is 2.95. The average molecular weight is 230 g/mol. The first-order valence-electron chi connectivity index (χ1n) is 5.43. The van der Waals surface area contributed by atoms with Crippen LogP contribution in [0.2, 0.25) is 0 Å². The van der Waals surface area contributed by atoms with Gasteiger partial charge in [-0.2, -0.15) is 0 Å². The summed E-state index contributed by atoms with van der Waals surface area (Å²) in [6.07, 6.45) is 1.65. The summed E-state index contributed by atoms with van der Waals surface area (Å²) in [5.74, 6) is -1.30. The van der Waals surface area contributed by atoms with E-state index >= 15 is 0 Å². The van der Waals surface area contributed by atoms with E-state index < -0.39 is 24.1 Å². The van der Waals surface area contributed by atoms with Gasteiger partial charge in [-0.25, -0.2) is 19.4 Å². The van der Waals surface area contributed by atoms with Crippen LogP contribution in [0.3, 0.4) is 0 Å². The molecule has 2 aliphatic heterocycles. The van der Waals surface area contributed by atoms with Crippen LogP contribution in [-0.4, -0.2) is 37.4 Å². The Bertz CT molecular complexity index is 236. The van der Waals surface area contributed by atoms with Crippen molar-refractivity contribution in [3.05, 3.63) is 0 Å². The highest BCUT2D eigenvalue weighted by Crippen LogP contribution is 2.15. The van der Waals surface area contributed by atoms with Crippen LogP contribution in [0.4, 0.5) is 0 Å². The molecule has 0 aromatic heterocycles. The van der Waals surface area contributed by atoms with Gasteiger partial charge < -0.3 is 9.47 Å². The molecule has 0 aliphatic carbocycles. The molecule has 2 fully saturated rings. The Hall–Kier alpha value is -1.14. The van der Waals surface area contributed by atoms with Gasteiger partial charge in [0.2, 0.25) is 0 Å². The molecule has 2 atom stereocenters. The van der Waals surface area contributed by atoms with Crippen molar-refractivity contribution in [2.24, 2.45) is 0 Å². The SMILES string of the molecule is O=C(OOC(=O)C1CCCO1)C1CCCO1. The van der Waals surface area contributed by atoms with E-state index in [2.05, 4.69) is 9.78 Å². The normalized spacial score (nSPS) is 29.0. The van der Waals surface area contributed by atoms with Gasteiger partial charge in [0.15, 0.2) is 12.2 Å². The molecule has 2 unspecified atom stereocenters. The van der Waals surface area contributed by atoms with Crippen molar-refractivity contribution in [3.8, 4) is 0 Å². The molecule has 0 saturated carbocycles. The molecule has 0 amide bonds. The van der Waals surface area contributed by atoms with Crippen LogP contribution in [0.1, 0.15) is 25.7 Å². The molecule has 2 heterocycles. The lowest BCUT2D eigenvalue weighted by Crippen LogP contribution is -2.28. The zero-order valence-electron chi connectivity index (χ0n) is 8.85. The molecular weight excluding hydrogens is 216 g/mol. The lowest BCUT2D eigenvalue weighted by Gasteiger charge is -2.09. The number of hydrogen-bond donors (Lipinski definition) is 0. The fourth-order valence-electron chi connectivity index (χ4n) is 1.72. The third kappa shape index (κ3) is 2.70. The molecule has 6 heteroatoms. The maximum absolute atomic E-state index is 11.3. The summed E-state index contributed by atoms with van der Waals surface area (Å²) < 4.78 is 10.2. The van der Waals surface area contributed by atoms with Crippen molar-refractivity contribution >= 4 is 11.9 Å². The third-order valence-corrected chi connectivity index (χ3v) is 2.59. The van der Waals surface area contributed by atoms with E-state index in [1.54, 1.807) is 0 Å². The van der Waals surface area contributed by atoms with Gasteiger partial charge in [0.25, 0.3) is 0 Å². The minimum atomic E-state index is -0.649. The maximum atomic E-state index is 11.3. The lowest BCUT2D eigenvalue weighted by molar-refractivity contribution is -0.269. The Labute approximate surface area is 92.7 Å². The van der Waals surface area contributed by atoms with E-state index in [9.17, 15) is 9.59 Å². The van der Waals surface area contributed by atoms with Gasteiger partial charge in [0, 0.05) is 13.2 Å². The van der Waals surface area contributed by atoms with Gasteiger partial charge in [0.05, 0.1) is 0 Å². The van der Waals surface area contributed by atoms with Gasteiger partial charge >= 0.3 is 11.9 Å². The Morgan fingerprint density at radius 3 is 1.62 bits per heavy atom. The molecule has 0 aromatic rings. The highest BCUT2D eigenvalue weighted by molar-refractivity contribution is 5.78. The molecule has 0 aromatic carbocycles. The molecule has 6 nitrogen and oxygen atoms in total. The summed E-state index contributed by atoms with van der Waals surface area (Å²) in [6.45, 7) is 1.08. The fourth-order valence-corrected chi connectivity index (χ4v) is 1.72. The largest absolute Gasteiger partial charge is 0.383 e. The van der Waals surface area contributed by atoms with Gasteiger partial charge in [-0.1, -0.05) is 0 Å². The molecule has 2 rings (SSSR count). The second kappa shape index (κ2) is 5.27. The Morgan fingerprint density at radius 1 is 0.875 bits per heavy atom. The molecule has 16 heavy (non-hydrogen) atoms. The lowest BCUT2D eigenvalue weighted by atomic mass is 10.2. The highest BCUT2D eigenvalue weighted by atomic mass is 17.2. The second-order valence-corrected chi connectivity index (χ2v) is 3.81. The number of hydrogen-bond acceptors (Lipinski definition) is 6. The Kier molecular flexibility index (Phi) is 3.74. The molecule has 0 spiro atoms. The summed E-state index contributed by atoms with van der Waals surface area (Å²) in [4.78, 5) is 31.4. The monoisotopic (exact) mass is 230 g/mol. The summed E-state index contributed by atoms with van der Waals surface area (Å²) in [6, 6.07) is 0. The van der Waals surface area contributed by atoms with E-state index in [4.69, 9.17) is 9.47 Å². The van der Waals surface area contributed by atoms with Crippen molar-refractivity contribution in [3.63, 3.8) is 0 Å². The minimum Gasteiger partial charge on any atom is -0.366 e. The van der Waals surface area contributed by atoms with Crippen molar-refractivity contribution in [1.82, 2.24) is 0 Å². The molecular formula is C10H14O6. The Balaban J connectivity index is 1.69. The smallest absolute Gasteiger partial charge is 0.366 e. The molecule has 90 valence electrons. The summed E-state index contributed by atoms with van der Waals surface area (Å²) in [5.41, 5.74) is 0. The van der Waals surface area contributed by atoms with Crippen LogP contribution >= 0.6 is 0 Å². The van der Waals surface area contributed by atoms with E-state index in [1.807, 2.05) is 0 Å². The molecule has 2 saturated heterocycles.